The molecular weight excluding hydrogens is 517 g/mol. The Morgan fingerprint density at radius 3 is 2.49 bits per heavy atom. The molecule has 204 valence electrons. The number of benzene rings is 2. The first-order valence-corrected chi connectivity index (χ1v) is 13.9. The predicted molar refractivity (Wildman–Crippen MR) is 154 cm³/mol. The van der Waals surface area contributed by atoms with Crippen LogP contribution in [-0.2, 0) is 6.18 Å². The highest BCUT2D eigenvalue weighted by Gasteiger charge is 2.31. The molecule has 0 amide bonds. The normalized spacial score (nSPS) is 13.2. The van der Waals surface area contributed by atoms with Gasteiger partial charge in [-0.15, -0.1) is 17.9 Å². The maximum atomic E-state index is 13.6. The molecule has 0 spiro atoms. The quantitative estimate of drug-likeness (QED) is 0.189. The molecule has 0 aliphatic heterocycles. The lowest BCUT2D eigenvalue weighted by atomic mass is 9.96. The molecule has 1 N–H and O–H groups in total. The van der Waals surface area contributed by atoms with Crippen molar-refractivity contribution in [2.45, 2.75) is 64.6 Å². The second-order valence-electron chi connectivity index (χ2n) is 9.83. The minimum atomic E-state index is -4.44. The number of anilines is 1. The number of alkyl halides is 3. The SMILES string of the molecule is C=C(C)CCC(CCC)c1nc(-c2cccc(C(F)(F)F)c2)c(-c2ccnc(NC(C)c3ccccc3)n2)s1. The number of hydrogen-bond donors (Lipinski definition) is 1. The average molecular weight is 551 g/mol. The third kappa shape index (κ3) is 7.32. The Hall–Kier alpha value is -3.52. The van der Waals surface area contributed by atoms with E-state index in [1.807, 2.05) is 44.2 Å². The Morgan fingerprint density at radius 2 is 1.79 bits per heavy atom. The van der Waals surface area contributed by atoms with Gasteiger partial charge in [-0.2, -0.15) is 13.2 Å². The van der Waals surface area contributed by atoms with Crippen molar-refractivity contribution >= 4 is 17.3 Å². The summed E-state index contributed by atoms with van der Waals surface area (Å²) in [6.07, 6.45) is 0.908. The fraction of sp³-hybridized carbons (Fsp3) is 0.323. The van der Waals surface area contributed by atoms with Crippen molar-refractivity contribution in [2.75, 3.05) is 5.32 Å². The highest BCUT2D eigenvalue weighted by Crippen LogP contribution is 2.42. The molecule has 8 heteroatoms. The summed E-state index contributed by atoms with van der Waals surface area (Å²) in [7, 11) is 0. The van der Waals surface area contributed by atoms with Crippen LogP contribution in [0, 0.1) is 0 Å². The van der Waals surface area contributed by atoms with Gasteiger partial charge in [0.05, 0.1) is 32.9 Å². The number of allylic oxidation sites excluding steroid dienone is 1. The van der Waals surface area contributed by atoms with Gasteiger partial charge in [0.1, 0.15) is 0 Å². The Kier molecular flexibility index (Phi) is 9.17. The summed E-state index contributed by atoms with van der Waals surface area (Å²) in [6.45, 7) is 10.2. The average Bonchev–Trinajstić information content (AvgIpc) is 3.37. The highest BCUT2D eigenvalue weighted by atomic mass is 32.1. The van der Waals surface area contributed by atoms with E-state index in [2.05, 4.69) is 23.8 Å². The first kappa shape index (κ1) is 28.5. The van der Waals surface area contributed by atoms with Crippen LogP contribution in [0.5, 0.6) is 0 Å². The number of nitrogens with one attached hydrogen (secondary N) is 1. The van der Waals surface area contributed by atoms with E-state index in [9.17, 15) is 13.2 Å². The van der Waals surface area contributed by atoms with Gasteiger partial charge in [-0.1, -0.05) is 61.4 Å². The smallest absolute Gasteiger partial charge is 0.348 e. The van der Waals surface area contributed by atoms with Gasteiger partial charge in [0.25, 0.3) is 0 Å². The fourth-order valence-corrected chi connectivity index (χ4v) is 5.68. The summed E-state index contributed by atoms with van der Waals surface area (Å²) in [6, 6.07) is 17.1. The van der Waals surface area contributed by atoms with E-state index in [0.717, 1.165) is 52.8 Å². The standard InChI is InChI=1S/C31H33F3N4S/c1-5-10-23(16-15-20(2)3)29-38-27(24-13-9-14-25(19-24)31(32,33)34)28(39-29)26-17-18-35-30(37-26)36-21(4)22-11-7-6-8-12-22/h6-9,11-14,17-19,21,23H,2,5,10,15-16H2,1,3-4H3,(H,35,36,37). The minimum Gasteiger partial charge on any atom is -0.348 e. The van der Waals surface area contributed by atoms with Crippen LogP contribution in [0.4, 0.5) is 19.1 Å². The third-order valence-corrected chi connectivity index (χ3v) is 7.79. The Balaban J connectivity index is 1.77. The summed E-state index contributed by atoms with van der Waals surface area (Å²) in [4.78, 5) is 14.9. The van der Waals surface area contributed by atoms with Crippen molar-refractivity contribution < 1.29 is 13.2 Å². The fourth-order valence-electron chi connectivity index (χ4n) is 4.46. The highest BCUT2D eigenvalue weighted by molar-refractivity contribution is 7.15. The number of nitrogens with zero attached hydrogens (tertiary/aromatic N) is 3. The van der Waals surface area contributed by atoms with E-state index in [1.54, 1.807) is 18.3 Å². The van der Waals surface area contributed by atoms with Crippen LogP contribution in [0.2, 0.25) is 0 Å². The molecule has 0 aliphatic carbocycles. The van der Waals surface area contributed by atoms with Crippen LogP contribution in [0.1, 0.15) is 74.5 Å². The van der Waals surface area contributed by atoms with Crippen molar-refractivity contribution in [1.82, 2.24) is 15.0 Å². The molecular formula is C31H33F3N4S. The number of thiazole rings is 1. The van der Waals surface area contributed by atoms with Gasteiger partial charge in [-0.05, 0) is 56.9 Å². The van der Waals surface area contributed by atoms with Crippen LogP contribution < -0.4 is 5.32 Å². The second kappa shape index (κ2) is 12.6. The maximum Gasteiger partial charge on any atom is 0.416 e. The molecule has 0 saturated heterocycles. The van der Waals surface area contributed by atoms with Gasteiger partial charge in [0.15, 0.2) is 0 Å². The summed E-state index contributed by atoms with van der Waals surface area (Å²) in [5, 5.41) is 4.25. The van der Waals surface area contributed by atoms with Gasteiger partial charge in [0, 0.05) is 17.7 Å². The summed E-state index contributed by atoms with van der Waals surface area (Å²) in [5.41, 5.74) is 3.05. The Bertz CT molecular complexity index is 1400. The van der Waals surface area contributed by atoms with Gasteiger partial charge in [0.2, 0.25) is 5.95 Å². The lowest BCUT2D eigenvalue weighted by Gasteiger charge is -2.14. The molecule has 4 aromatic rings. The van der Waals surface area contributed by atoms with Crippen molar-refractivity contribution in [2.24, 2.45) is 0 Å². The van der Waals surface area contributed by atoms with Crippen molar-refractivity contribution in [1.29, 1.82) is 0 Å². The van der Waals surface area contributed by atoms with Gasteiger partial charge in [-0.3, -0.25) is 0 Å². The Morgan fingerprint density at radius 1 is 1.03 bits per heavy atom. The van der Waals surface area contributed by atoms with E-state index in [0.29, 0.717) is 22.9 Å². The zero-order valence-electron chi connectivity index (χ0n) is 22.4. The third-order valence-electron chi connectivity index (χ3n) is 6.55. The first-order chi connectivity index (χ1) is 18.7. The minimum absolute atomic E-state index is 0.0301. The van der Waals surface area contributed by atoms with Crippen LogP contribution in [0.25, 0.3) is 21.8 Å². The molecule has 0 fully saturated rings. The number of halogens is 3. The molecule has 0 aliphatic rings. The van der Waals surface area contributed by atoms with Gasteiger partial charge >= 0.3 is 6.18 Å². The maximum absolute atomic E-state index is 13.6. The van der Waals surface area contributed by atoms with Crippen molar-refractivity contribution in [3.8, 4) is 21.8 Å². The molecule has 2 unspecified atom stereocenters. The molecule has 2 aromatic heterocycles. The van der Waals surface area contributed by atoms with Crippen LogP contribution >= 0.6 is 11.3 Å². The monoisotopic (exact) mass is 550 g/mol. The Labute approximate surface area is 232 Å². The van der Waals surface area contributed by atoms with E-state index in [1.165, 1.54) is 23.5 Å². The number of aromatic nitrogens is 3. The zero-order valence-corrected chi connectivity index (χ0v) is 23.2. The number of rotatable bonds is 11. The van der Waals surface area contributed by atoms with Crippen LogP contribution in [0.3, 0.4) is 0 Å². The summed E-state index contributed by atoms with van der Waals surface area (Å²) >= 11 is 1.50. The number of hydrogen-bond acceptors (Lipinski definition) is 5. The van der Waals surface area contributed by atoms with Gasteiger partial charge < -0.3 is 5.32 Å². The van der Waals surface area contributed by atoms with Crippen LogP contribution in [-0.4, -0.2) is 15.0 Å². The molecule has 0 saturated carbocycles. The second-order valence-corrected chi connectivity index (χ2v) is 10.9. The largest absolute Gasteiger partial charge is 0.416 e. The van der Waals surface area contributed by atoms with Gasteiger partial charge in [-0.25, -0.2) is 15.0 Å². The summed E-state index contributed by atoms with van der Waals surface area (Å²) < 4.78 is 40.7. The van der Waals surface area contributed by atoms with E-state index < -0.39 is 11.7 Å². The molecule has 39 heavy (non-hydrogen) atoms. The van der Waals surface area contributed by atoms with Crippen LogP contribution in [0.15, 0.2) is 79.0 Å². The molecule has 4 rings (SSSR count). The lowest BCUT2D eigenvalue weighted by molar-refractivity contribution is -0.137. The van der Waals surface area contributed by atoms with Crippen molar-refractivity contribution in [3.05, 3.63) is 95.1 Å². The molecule has 0 bridgehead atoms. The predicted octanol–water partition coefficient (Wildman–Crippen LogP) is 9.70. The molecule has 2 atom stereocenters. The lowest BCUT2D eigenvalue weighted by Crippen LogP contribution is -2.09. The van der Waals surface area contributed by atoms with E-state index >= 15 is 0 Å². The molecule has 2 heterocycles. The molecule has 4 nitrogen and oxygen atoms in total. The van der Waals surface area contributed by atoms with E-state index in [4.69, 9.17) is 9.97 Å². The summed E-state index contributed by atoms with van der Waals surface area (Å²) in [5.74, 6) is 0.633. The first-order valence-electron chi connectivity index (χ1n) is 13.1. The van der Waals surface area contributed by atoms with E-state index in [-0.39, 0.29) is 12.0 Å². The molecule has 0 radical (unpaired) electrons. The molecule has 2 aromatic carbocycles. The zero-order chi connectivity index (χ0) is 28.0. The van der Waals surface area contributed by atoms with Crippen molar-refractivity contribution in [3.63, 3.8) is 0 Å². The topological polar surface area (TPSA) is 50.7 Å².